The van der Waals surface area contributed by atoms with Crippen LogP contribution in [0.4, 0.5) is 0 Å². The van der Waals surface area contributed by atoms with Gasteiger partial charge in [0.1, 0.15) is 0 Å². The second kappa shape index (κ2) is 6.89. The fraction of sp³-hybridized carbons (Fsp3) is 1.00. The lowest BCUT2D eigenvalue weighted by molar-refractivity contribution is 0.188. The summed E-state index contributed by atoms with van der Waals surface area (Å²) in [5.74, 6) is 0.926. The van der Waals surface area contributed by atoms with E-state index in [0.717, 1.165) is 12.5 Å². The van der Waals surface area contributed by atoms with Crippen LogP contribution in [0.1, 0.15) is 19.3 Å². The van der Waals surface area contributed by atoms with Gasteiger partial charge in [0.15, 0.2) is 0 Å². The third-order valence-electron chi connectivity index (χ3n) is 2.12. The molecule has 0 saturated carbocycles. The van der Waals surface area contributed by atoms with Gasteiger partial charge in [-0.1, -0.05) is 0 Å². The Morgan fingerprint density at radius 2 is 2.36 bits per heavy atom. The van der Waals surface area contributed by atoms with Crippen molar-refractivity contribution in [1.82, 2.24) is 5.32 Å². The molecular weight excluding hydrogens is 162 g/mol. The van der Waals surface area contributed by atoms with Crippen molar-refractivity contribution in [2.45, 2.75) is 19.3 Å². The molecule has 0 spiro atoms. The molecule has 0 bridgehead atoms. The topological polar surface area (TPSA) is 21.3 Å². The monoisotopic (exact) mass is 179 g/mol. The van der Waals surface area contributed by atoms with Gasteiger partial charge in [-0.3, -0.25) is 0 Å². The molecule has 68 valence electrons. The van der Waals surface area contributed by atoms with Gasteiger partial charge in [-0.2, -0.15) is 0 Å². The van der Waals surface area contributed by atoms with Gasteiger partial charge >= 0.3 is 0 Å². The Labute approximate surface area is 75.1 Å². The molecule has 0 aromatic carbocycles. The van der Waals surface area contributed by atoms with Gasteiger partial charge in [0.2, 0.25) is 0 Å². The van der Waals surface area contributed by atoms with E-state index in [1.54, 1.807) is 7.11 Å². The van der Waals surface area contributed by atoms with Crippen LogP contribution in [0, 0.1) is 5.92 Å². The highest BCUT2D eigenvalue weighted by atomic mass is 35.5. The van der Waals surface area contributed by atoms with Crippen molar-refractivity contribution in [2.75, 3.05) is 26.8 Å². The first kappa shape index (κ1) is 11.2. The van der Waals surface area contributed by atoms with Crippen molar-refractivity contribution < 1.29 is 4.74 Å². The highest BCUT2D eigenvalue weighted by Gasteiger charge is 2.12. The Balaban J connectivity index is 0.000001000. The van der Waals surface area contributed by atoms with Crippen molar-refractivity contribution in [2.24, 2.45) is 5.92 Å². The summed E-state index contributed by atoms with van der Waals surface area (Å²) >= 11 is 0. The van der Waals surface area contributed by atoms with Crippen LogP contribution in [0.2, 0.25) is 0 Å². The second-order valence-electron chi connectivity index (χ2n) is 2.99. The minimum absolute atomic E-state index is 0. The van der Waals surface area contributed by atoms with Crippen molar-refractivity contribution in [1.29, 1.82) is 0 Å². The van der Waals surface area contributed by atoms with E-state index in [1.807, 2.05) is 0 Å². The van der Waals surface area contributed by atoms with Crippen LogP contribution in [-0.4, -0.2) is 26.8 Å². The third-order valence-corrected chi connectivity index (χ3v) is 2.12. The van der Waals surface area contributed by atoms with Gasteiger partial charge in [-0.25, -0.2) is 0 Å². The molecule has 3 heteroatoms. The first-order valence-corrected chi connectivity index (χ1v) is 4.13. The summed E-state index contributed by atoms with van der Waals surface area (Å²) < 4.78 is 4.98. The van der Waals surface area contributed by atoms with E-state index in [-0.39, 0.29) is 12.4 Å². The quantitative estimate of drug-likeness (QED) is 0.660. The zero-order valence-corrected chi connectivity index (χ0v) is 7.95. The maximum atomic E-state index is 4.98. The standard InChI is InChI=1S/C8H17NO.ClH/c1-10-6-2-3-8-4-5-9-7-8;/h8-9H,2-7H2,1H3;1H. The third kappa shape index (κ3) is 4.62. The average molecular weight is 180 g/mol. The molecule has 1 aliphatic rings. The van der Waals surface area contributed by atoms with Crippen LogP contribution in [0.15, 0.2) is 0 Å². The van der Waals surface area contributed by atoms with Gasteiger partial charge in [0, 0.05) is 13.7 Å². The van der Waals surface area contributed by atoms with E-state index in [9.17, 15) is 0 Å². The van der Waals surface area contributed by atoms with E-state index in [0.29, 0.717) is 0 Å². The van der Waals surface area contributed by atoms with Gasteiger partial charge in [0.25, 0.3) is 0 Å². The molecule has 1 fully saturated rings. The number of hydrogen-bond donors (Lipinski definition) is 1. The lowest BCUT2D eigenvalue weighted by Crippen LogP contribution is -2.09. The first-order valence-electron chi connectivity index (χ1n) is 4.13. The number of nitrogens with one attached hydrogen (secondary N) is 1. The van der Waals surface area contributed by atoms with Gasteiger partial charge < -0.3 is 10.1 Å². The zero-order chi connectivity index (χ0) is 7.23. The van der Waals surface area contributed by atoms with Crippen molar-refractivity contribution in [3.05, 3.63) is 0 Å². The minimum atomic E-state index is 0. The highest BCUT2D eigenvalue weighted by molar-refractivity contribution is 5.85. The van der Waals surface area contributed by atoms with E-state index in [1.165, 1.54) is 32.4 Å². The maximum absolute atomic E-state index is 4.98. The highest BCUT2D eigenvalue weighted by Crippen LogP contribution is 2.13. The predicted molar refractivity (Wildman–Crippen MR) is 49.3 cm³/mol. The molecule has 1 heterocycles. The molecule has 0 radical (unpaired) electrons. The Bertz CT molecular complexity index is 84.2. The lowest BCUT2D eigenvalue weighted by atomic mass is 10.0. The Morgan fingerprint density at radius 1 is 1.55 bits per heavy atom. The van der Waals surface area contributed by atoms with Gasteiger partial charge in [-0.05, 0) is 38.3 Å². The fourth-order valence-electron chi connectivity index (χ4n) is 1.48. The van der Waals surface area contributed by atoms with Gasteiger partial charge in [0.05, 0.1) is 0 Å². The van der Waals surface area contributed by atoms with Crippen molar-refractivity contribution in [3.63, 3.8) is 0 Å². The summed E-state index contributed by atoms with van der Waals surface area (Å²) in [4.78, 5) is 0. The zero-order valence-electron chi connectivity index (χ0n) is 7.14. The number of ether oxygens (including phenoxy) is 1. The molecule has 11 heavy (non-hydrogen) atoms. The molecule has 2 nitrogen and oxygen atoms in total. The van der Waals surface area contributed by atoms with Crippen molar-refractivity contribution >= 4 is 12.4 Å². The minimum Gasteiger partial charge on any atom is -0.385 e. The Kier molecular flexibility index (Phi) is 7.02. The van der Waals surface area contributed by atoms with Crippen LogP contribution in [0.3, 0.4) is 0 Å². The van der Waals surface area contributed by atoms with Gasteiger partial charge in [-0.15, -0.1) is 12.4 Å². The molecule has 1 rings (SSSR count). The molecule has 1 unspecified atom stereocenters. The summed E-state index contributed by atoms with van der Waals surface area (Å²) in [6, 6.07) is 0. The molecule has 0 aromatic heterocycles. The Morgan fingerprint density at radius 3 is 2.91 bits per heavy atom. The average Bonchev–Trinajstić information content (AvgIpc) is 2.41. The number of methoxy groups -OCH3 is 1. The van der Waals surface area contributed by atoms with E-state index in [4.69, 9.17) is 4.74 Å². The maximum Gasteiger partial charge on any atom is 0.0462 e. The van der Waals surface area contributed by atoms with Crippen molar-refractivity contribution in [3.8, 4) is 0 Å². The Hall–Kier alpha value is 0.210. The fourth-order valence-corrected chi connectivity index (χ4v) is 1.48. The van der Waals surface area contributed by atoms with Crippen LogP contribution in [-0.2, 0) is 4.74 Å². The first-order chi connectivity index (χ1) is 4.93. The number of rotatable bonds is 4. The molecule has 0 aliphatic carbocycles. The number of hydrogen-bond acceptors (Lipinski definition) is 2. The van der Waals surface area contributed by atoms with Crippen LogP contribution in [0.5, 0.6) is 0 Å². The molecule has 1 N–H and O–H groups in total. The number of halogens is 1. The van der Waals surface area contributed by atoms with Crippen LogP contribution >= 0.6 is 12.4 Å². The smallest absolute Gasteiger partial charge is 0.0462 e. The normalized spacial score (nSPS) is 23.2. The van der Waals surface area contributed by atoms with Crippen LogP contribution in [0.25, 0.3) is 0 Å². The molecule has 1 saturated heterocycles. The molecule has 0 aromatic rings. The molecule has 0 amide bonds. The molecular formula is C8H18ClNO. The summed E-state index contributed by atoms with van der Waals surface area (Å²) in [5, 5.41) is 3.36. The molecule has 1 aliphatic heterocycles. The van der Waals surface area contributed by atoms with E-state index >= 15 is 0 Å². The SMILES string of the molecule is COCCCC1CCNC1.Cl. The second-order valence-corrected chi connectivity index (χ2v) is 2.99. The summed E-state index contributed by atoms with van der Waals surface area (Å²) in [6.07, 6.45) is 3.92. The van der Waals surface area contributed by atoms with E-state index in [2.05, 4.69) is 5.32 Å². The predicted octanol–water partition coefficient (Wildman–Crippen LogP) is 1.44. The van der Waals surface area contributed by atoms with Crippen LogP contribution < -0.4 is 5.32 Å². The molecule has 1 atom stereocenters. The summed E-state index contributed by atoms with van der Waals surface area (Å²) in [5.41, 5.74) is 0. The lowest BCUT2D eigenvalue weighted by Gasteiger charge is -2.05. The van der Waals surface area contributed by atoms with E-state index < -0.39 is 0 Å². The summed E-state index contributed by atoms with van der Waals surface area (Å²) in [6.45, 7) is 3.37. The largest absolute Gasteiger partial charge is 0.385 e. The summed E-state index contributed by atoms with van der Waals surface area (Å²) in [7, 11) is 1.77.